The number of fused-ring (bicyclic) bond motifs is 1. The molecule has 3 aromatic rings. The summed E-state index contributed by atoms with van der Waals surface area (Å²) in [5.74, 6) is -0.210. The normalized spacial score (nSPS) is 10.8. The van der Waals surface area contributed by atoms with Crippen LogP contribution in [0.4, 0.5) is 0 Å². The molecule has 5 nitrogen and oxygen atoms in total. The number of nitriles is 1. The lowest BCUT2D eigenvalue weighted by molar-refractivity contribution is -0.118. The zero-order valence-electron chi connectivity index (χ0n) is 13.2. The molecule has 0 bridgehead atoms. The molecule has 0 saturated heterocycles. The highest BCUT2D eigenvalue weighted by Crippen LogP contribution is 2.22. The maximum absolute atomic E-state index is 11.0. The molecule has 0 aliphatic carbocycles. The standard InChI is InChI=1S/C19H16N4O/c1-14(24)22-21-11-17-13-23(19-9-5-4-8-18(17)19)12-16-7-3-2-6-15(16)10-20/h2-9,11,13H,12H2,1H3,(H,22,24)/b21-11-. The van der Waals surface area contributed by atoms with Crippen molar-refractivity contribution in [2.45, 2.75) is 13.5 Å². The minimum Gasteiger partial charge on any atom is -0.342 e. The van der Waals surface area contributed by atoms with Gasteiger partial charge in [0.2, 0.25) is 5.91 Å². The molecule has 2 aromatic carbocycles. The smallest absolute Gasteiger partial charge is 0.236 e. The Morgan fingerprint density at radius 2 is 2.00 bits per heavy atom. The number of nitrogens with one attached hydrogen (secondary N) is 1. The largest absolute Gasteiger partial charge is 0.342 e. The Kier molecular flexibility index (Phi) is 4.39. The summed E-state index contributed by atoms with van der Waals surface area (Å²) >= 11 is 0. The molecule has 0 radical (unpaired) electrons. The maximum Gasteiger partial charge on any atom is 0.236 e. The molecule has 0 aliphatic heterocycles. The number of hydrazone groups is 1. The lowest BCUT2D eigenvalue weighted by Gasteiger charge is -2.07. The van der Waals surface area contributed by atoms with Crippen LogP contribution < -0.4 is 5.43 Å². The molecule has 0 fully saturated rings. The first-order chi connectivity index (χ1) is 11.7. The lowest BCUT2D eigenvalue weighted by Crippen LogP contribution is -2.12. The van der Waals surface area contributed by atoms with E-state index in [9.17, 15) is 10.1 Å². The van der Waals surface area contributed by atoms with E-state index in [0.29, 0.717) is 12.1 Å². The van der Waals surface area contributed by atoms with Crippen molar-refractivity contribution in [2.75, 3.05) is 0 Å². The highest BCUT2D eigenvalue weighted by atomic mass is 16.2. The predicted octanol–water partition coefficient (Wildman–Crippen LogP) is 3.03. The van der Waals surface area contributed by atoms with Crippen LogP contribution in [0.3, 0.4) is 0 Å². The molecule has 5 heteroatoms. The number of nitrogens with zero attached hydrogens (tertiary/aromatic N) is 3. The molecule has 118 valence electrons. The Bertz CT molecular complexity index is 963. The van der Waals surface area contributed by atoms with E-state index in [2.05, 4.69) is 21.2 Å². The summed E-state index contributed by atoms with van der Waals surface area (Å²) in [6.07, 6.45) is 3.61. The summed E-state index contributed by atoms with van der Waals surface area (Å²) in [5, 5.41) is 14.3. The molecule has 24 heavy (non-hydrogen) atoms. The number of para-hydroxylation sites is 1. The summed E-state index contributed by atoms with van der Waals surface area (Å²) < 4.78 is 2.08. The molecule has 0 atom stereocenters. The molecule has 1 aromatic heterocycles. The Labute approximate surface area is 139 Å². The first kappa shape index (κ1) is 15.5. The third-order valence-corrected chi connectivity index (χ3v) is 3.72. The highest BCUT2D eigenvalue weighted by Gasteiger charge is 2.09. The number of aromatic nitrogens is 1. The summed E-state index contributed by atoms with van der Waals surface area (Å²) in [6, 6.07) is 17.8. The highest BCUT2D eigenvalue weighted by molar-refractivity contribution is 5.99. The first-order valence-electron chi connectivity index (χ1n) is 7.54. The number of benzene rings is 2. The molecular formula is C19H16N4O. The van der Waals surface area contributed by atoms with E-state index in [1.54, 1.807) is 6.21 Å². The number of carbonyl (C=O) groups excluding carboxylic acids is 1. The van der Waals surface area contributed by atoms with Crippen molar-refractivity contribution >= 4 is 23.0 Å². The van der Waals surface area contributed by atoms with Gasteiger partial charge in [-0.1, -0.05) is 36.4 Å². The van der Waals surface area contributed by atoms with Gasteiger partial charge in [0, 0.05) is 36.1 Å². The van der Waals surface area contributed by atoms with E-state index in [4.69, 9.17) is 0 Å². The van der Waals surface area contributed by atoms with E-state index >= 15 is 0 Å². The van der Waals surface area contributed by atoms with E-state index < -0.39 is 0 Å². The average molecular weight is 316 g/mol. The van der Waals surface area contributed by atoms with Crippen molar-refractivity contribution in [2.24, 2.45) is 5.10 Å². The van der Waals surface area contributed by atoms with Crippen molar-refractivity contribution in [1.82, 2.24) is 9.99 Å². The van der Waals surface area contributed by atoms with E-state index in [1.165, 1.54) is 6.92 Å². The zero-order valence-corrected chi connectivity index (χ0v) is 13.2. The molecule has 1 N–H and O–H groups in total. The molecule has 3 rings (SSSR count). The van der Waals surface area contributed by atoms with Crippen molar-refractivity contribution in [3.63, 3.8) is 0 Å². The monoisotopic (exact) mass is 316 g/mol. The van der Waals surface area contributed by atoms with Gasteiger partial charge in [-0.3, -0.25) is 4.79 Å². The maximum atomic E-state index is 11.0. The molecule has 0 saturated carbocycles. The summed E-state index contributed by atoms with van der Waals surface area (Å²) in [4.78, 5) is 11.0. The summed E-state index contributed by atoms with van der Waals surface area (Å²) in [5.41, 5.74) is 6.01. The van der Waals surface area contributed by atoms with Crippen LogP contribution in [0.25, 0.3) is 10.9 Å². The minimum absolute atomic E-state index is 0.210. The second-order valence-corrected chi connectivity index (χ2v) is 5.42. The number of amides is 1. The van der Waals surface area contributed by atoms with Gasteiger partial charge in [0.1, 0.15) is 0 Å². The average Bonchev–Trinajstić information content (AvgIpc) is 2.93. The molecule has 0 unspecified atom stereocenters. The topological polar surface area (TPSA) is 70.2 Å². The van der Waals surface area contributed by atoms with Gasteiger partial charge in [-0.15, -0.1) is 0 Å². The van der Waals surface area contributed by atoms with Gasteiger partial charge in [-0.2, -0.15) is 10.4 Å². The third kappa shape index (κ3) is 3.18. The second-order valence-electron chi connectivity index (χ2n) is 5.42. The van der Waals surface area contributed by atoms with Crippen LogP contribution in [0.15, 0.2) is 59.8 Å². The fraction of sp³-hybridized carbons (Fsp3) is 0.105. The van der Waals surface area contributed by atoms with Gasteiger partial charge in [-0.05, 0) is 17.7 Å². The van der Waals surface area contributed by atoms with Crippen LogP contribution in [-0.4, -0.2) is 16.7 Å². The zero-order chi connectivity index (χ0) is 16.9. The lowest BCUT2D eigenvalue weighted by atomic mass is 10.1. The fourth-order valence-electron chi connectivity index (χ4n) is 2.65. The van der Waals surface area contributed by atoms with Crippen molar-refractivity contribution in [3.05, 3.63) is 71.4 Å². The van der Waals surface area contributed by atoms with Crippen molar-refractivity contribution in [1.29, 1.82) is 5.26 Å². The Morgan fingerprint density at radius 3 is 2.79 bits per heavy atom. The fourth-order valence-corrected chi connectivity index (χ4v) is 2.65. The molecule has 1 amide bonds. The van der Waals surface area contributed by atoms with Crippen LogP contribution in [-0.2, 0) is 11.3 Å². The second kappa shape index (κ2) is 6.80. The van der Waals surface area contributed by atoms with Gasteiger partial charge in [-0.25, -0.2) is 5.43 Å². The number of hydrogen-bond donors (Lipinski definition) is 1. The third-order valence-electron chi connectivity index (χ3n) is 3.72. The molecule has 1 heterocycles. The summed E-state index contributed by atoms with van der Waals surface area (Å²) in [6.45, 7) is 2.01. The number of rotatable bonds is 4. The quantitative estimate of drug-likeness (QED) is 0.593. The van der Waals surface area contributed by atoms with Crippen molar-refractivity contribution in [3.8, 4) is 6.07 Å². The summed E-state index contributed by atoms with van der Waals surface area (Å²) in [7, 11) is 0. The SMILES string of the molecule is CC(=O)N/N=C\c1cn(Cc2ccccc2C#N)c2ccccc12. The Morgan fingerprint density at radius 1 is 1.25 bits per heavy atom. The molecule has 0 spiro atoms. The van der Waals surface area contributed by atoms with Gasteiger partial charge >= 0.3 is 0 Å². The van der Waals surface area contributed by atoms with E-state index in [-0.39, 0.29) is 5.91 Å². The van der Waals surface area contributed by atoms with Crippen LogP contribution in [0, 0.1) is 11.3 Å². The van der Waals surface area contributed by atoms with E-state index in [0.717, 1.165) is 22.0 Å². The Balaban J connectivity index is 2.01. The van der Waals surface area contributed by atoms with Crippen molar-refractivity contribution < 1.29 is 4.79 Å². The van der Waals surface area contributed by atoms with Crippen LogP contribution in [0.5, 0.6) is 0 Å². The van der Waals surface area contributed by atoms with E-state index in [1.807, 2.05) is 54.7 Å². The van der Waals surface area contributed by atoms with Gasteiger partial charge in [0.15, 0.2) is 0 Å². The Hall–Kier alpha value is -3.39. The van der Waals surface area contributed by atoms with Gasteiger partial charge in [0.25, 0.3) is 0 Å². The molecule has 0 aliphatic rings. The molecular weight excluding hydrogens is 300 g/mol. The van der Waals surface area contributed by atoms with Crippen LogP contribution >= 0.6 is 0 Å². The van der Waals surface area contributed by atoms with Gasteiger partial charge < -0.3 is 4.57 Å². The predicted molar refractivity (Wildman–Crippen MR) is 93.6 cm³/mol. The first-order valence-corrected chi connectivity index (χ1v) is 7.54. The minimum atomic E-state index is -0.210. The number of carbonyl (C=O) groups is 1. The number of hydrogen-bond acceptors (Lipinski definition) is 3. The van der Waals surface area contributed by atoms with Gasteiger partial charge in [0.05, 0.1) is 17.8 Å². The van der Waals surface area contributed by atoms with Crippen LogP contribution in [0.1, 0.15) is 23.6 Å². The van der Waals surface area contributed by atoms with Crippen LogP contribution in [0.2, 0.25) is 0 Å².